The van der Waals surface area contributed by atoms with E-state index in [4.69, 9.17) is 9.47 Å². The number of hydrogen-bond donors (Lipinski definition) is 2. The maximum Gasteiger partial charge on any atom is 0.231 e. The Labute approximate surface area is 141 Å². The number of carbonyl (C=O) groups excluding carboxylic acids is 1. The second-order valence-electron chi connectivity index (χ2n) is 5.81. The molecule has 0 saturated heterocycles. The summed E-state index contributed by atoms with van der Waals surface area (Å²) in [6.45, 7) is 0.918. The van der Waals surface area contributed by atoms with Gasteiger partial charge in [-0.25, -0.2) is 0 Å². The van der Waals surface area contributed by atoms with Crippen molar-refractivity contribution in [2.75, 3.05) is 13.3 Å². The fourth-order valence-corrected chi connectivity index (χ4v) is 2.63. The molecule has 0 fully saturated rings. The number of fused-ring (bicyclic) bond motifs is 1. The predicted octanol–water partition coefficient (Wildman–Crippen LogP) is 2.80. The number of phenolic OH excluding ortho intramolecular Hbond substituents is 1. The van der Waals surface area contributed by atoms with Crippen LogP contribution in [0.5, 0.6) is 17.2 Å². The zero-order valence-corrected chi connectivity index (χ0v) is 13.5. The van der Waals surface area contributed by atoms with Crippen LogP contribution in [-0.2, 0) is 17.6 Å². The third-order valence-electron chi connectivity index (χ3n) is 3.98. The number of aromatic hydroxyl groups is 1. The molecule has 0 atom stereocenters. The van der Waals surface area contributed by atoms with E-state index in [-0.39, 0.29) is 18.4 Å². The lowest BCUT2D eigenvalue weighted by atomic mass is 10.1. The Hall–Kier alpha value is -2.69. The van der Waals surface area contributed by atoms with Crippen LogP contribution >= 0.6 is 0 Å². The molecule has 0 spiro atoms. The van der Waals surface area contributed by atoms with Crippen LogP contribution in [0.4, 0.5) is 0 Å². The van der Waals surface area contributed by atoms with Crippen molar-refractivity contribution in [3.63, 3.8) is 0 Å². The Bertz CT molecular complexity index is 697. The molecule has 1 amide bonds. The zero-order valence-electron chi connectivity index (χ0n) is 13.5. The summed E-state index contributed by atoms with van der Waals surface area (Å²) in [5.74, 6) is 1.84. The number of hydrogen-bond acceptors (Lipinski definition) is 4. The lowest BCUT2D eigenvalue weighted by molar-refractivity contribution is -0.121. The van der Waals surface area contributed by atoms with E-state index in [1.165, 1.54) is 0 Å². The monoisotopic (exact) mass is 327 g/mol. The summed E-state index contributed by atoms with van der Waals surface area (Å²) in [6.07, 6.45) is 2.89. The number of phenols is 1. The molecular formula is C19H21NO4. The zero-order chi connectivity index (χ0) is 16.8. The minimum absolute atomic E-state index is 0.0540. The maximum atomic E-state index is 11.9. The third kappa shape index (κ3) is 4.41. The first-order valence-electron chi connectivity index (χ1n) is 8.14. The van der Waals surface area contributed by atoms with Gasteiger partial charge >= 0.3 is 0 Å². The molecule has 0 unspecified atom stereocenters. The first-order valence-corrected chi connectivity index (χ1v) is 8.14. The predicted molar refractivity (Wildman–Crippen MR) is 90.3 cm³/mol. The minimum Gasteiger partial charge on any atom is -0.508 e. The molecule has 126 valence electrons. The van der Waals surface area contributed by atoms with Gasteiger partial charge in [-0.2, -0.15) is 0 Å². The third-order valence-corrected chi connectivity index (χ3v) is 3.98. The molecule has 0 saturated carbocycles. The Balaban J connectivity index is 1.34. The van der Waals surface area contributed by atoms with Crippen LogP contribution in [0.3, 0.4) is 0 Å². The molecule has 5 nitrogen and oxygen atoms in total. The molecule has 0 aliphatic carbocycles. The first-order chi connectivity index (χ1) is 11.7. The van der Waals surface area contributed by atoms with Crippen LogP contribution in [0.2, 0.25) is 0 Å². The quantitative estimate of drug-likeness (QED) is 0.767. The molecule has 24 heavy (non-hydrogen) atoms. The maximum absolute atomic E-state index is 11.9. The molecule has 0 radical (unpaired) electrons. The normalized spacial score (nSPS) is 12.2. The molecule has 0 bridgehead atoms. The Morgan fingerprint density at radius 2 is 1.75 bits per heavy atom. The summed E-state index contributed by atoms with van der Waals surface area (Å²) in [4.78, 5) is 11.9. The van der Waals surface area contributed by atoms with Crippen molar-refractivity contribution >= 4 is 5.91 Å². The summed E-state index contributed by atoms with van der Waals surface area (Å²) in [6, 6.07) is 12.9. The second kappa shape index (κ2) is 7.73. The number of nitrogens with one attached hydrogen (secondary N) is 1. The summed E-state index contributed by atoms with van der Waals surface area (Å²) < 4.78 is 10.6. The fraction of sp³-hybridized carbons (Fsp3) is 0.316. The van der Waals surface area contributed by atoms with E-state index in [2.05, 4.69) is 5.32 Å². The van der Waals surface area contributed by atoms with Gasteiger partial charge in [0.1, 0.15) is 5.75 Å². The van der Waals surface area contributed by atoms with Crippen molar-refractivity contribution in [2.24, 2.45) is 0 Å². The highest BCUT2D eigenvalue weighted by Gasteiger charge is 2.13. The summed E-state index contributed by atoms with van der Waals surface area (Å²) >= 11 is 0. The molecule has 5 heteroatoms. The number of ether oxygens (including phenoxy) is 2. The second-order valence-corrected chi connectivity index (χ2v) is 5.81. The van der Waals surface area contributed by atoms with Gasteiger partial charge in [-0.1, -0.05) is 18.2 Å². The Morgan fingerprint density at radius 3 is 2.58 bits per heavy atom. The lowest BCUT2D eigenvalue weighted by Gasteiger charge is -2.06. The van der Waals surface area contributed by atoms with E-state index in [1.807, 2.05) is 30.3 Å². The fourth-order valence-electron chi connectivity index (χ4n) is 2.63. The largest absolute Gasteiger partial charge is 0.508 e. The molecule has 1 aliphatic heterocycles. The van der Waals surface area contributed by atoms with Gasteiger partial charge < -0.3 is 19.9 Å². The van der Waals surface area contributed by atoms with Crippen molar-refractivity contribution < 1.29 is 19.4 Å². The molecule has 2 aromatic carbocycles. The molecule has 2 aromatic rings. The minimum atomic E-state index is 0.0540. The molecular weight excluding hydrogens is 306 g/mol. The number of carbonyl (C=O) groups is 1. The van der Waals surface area contributed by atoms with Crippen molar-refractivity contribution in [3.8, 4) is 17.2 Å². The van der Waals surface area contributed by atoms with Gasteiger partial charge in [-0.15, -0.1) is 0 Å². The van der Waals surface area contributed by atoms with Gasteiger partial charge in [-0.05, 0) is 54.7 Å². The molecule has 0 aromatic heterocycles. The highest BCUT2D eigenvalue weighted by atomic mass is 16.7. The smallest absolute Gasteiger partial charge is 0.231 e. The van der Waals surface area contributed by atoms with E-state index < -0.39 is 0 Å². The van der Waals surface area contributed by atoms with Gasteiger partial charge in [-0.3, -0.25) is 4.79 Å². The van der Waals surface area contributed by atoms with Gasteiger partial charge in [0.2, 0.25) is 12.7 Å². The number of rotatable bonds is 7. The van der Waals surface area contributed by atoms with Crippen LogP contribution in [0.1, 0.15) is 24.0 Å². The van der Waals surface area contributed by atoms with Crippen molar-refractivity contribution in [1.82, 2.24) is 5.32 Å². The number of amides is 1. The number of benzene rings is 2. The highest BCUT2D eigenvalue weighted by molar-refractivity contribution is 5.76. The van der Waals surface area contributed by atoms with E-state index in [0.717, 1.165) is 35.5 Å². The first kappa shape index (κ1) is 16.2. The van der Waals surface area contributed by atoms with Gasteiger partial charge in [0.05, 0.1) is 0 Å². The van der Waals surface area contributed by atoms with E-state index in [0.29, 0.717) is 19.4 Å². The van der Waals surface area contributed by atoms with E-state index in [1.54, 1.807) is 12.1 Å². The highest BCUT2D eigenvalue weighted by Crippen LogP contribution is 2.32. The molecule has 3 rings (SSSR count). The topological polar surface area (TPSA) is 67.8 Å². The van der Waals surface area contributed by atoms with Crippen LogP contribution in [0.15, 0.2) is 42.5 Å². The van der Waals surface area contributed by atoms with Crippen molar-refractivity contribution in [1.29, 1.82) is 0 Å². The van der Waals surface area contributed by atoms with Gasteiger partial charge in [0, 0.05) is 13.0 Å². The van der Waals surface area contributed by atoms with E-state index in [9.17, 15) is 9.90 Å². The van der Waals surface area contributed by atoms with Crippen LogP contribution in [0.25, 0.3) is 0 Å². The standard InChI is InChI=1S/C19H21NO4/c21-16-7-3-14(4-8-16)2-1-11-20-19(22)10-6-15-5-9-17-18(12-15)24-13-23-17/h3-5,7-9,12,21H,1-2,6,10-11,13H2,(H,20,22). The number of aryl methyl sites for hydroxylation is 2. The molecule has 1 aliphatic rings. The molecule has 2 N–H and O–H groups in total. The van der Waals surface area contributed by atoms with Crippen LogP contribution in [-0.4, -0.2) is 24.4 Å². The van der Waals surface area contributed by atoms with Gasteiger partial charge in [0.25, 0.3) is 0 Å². The van der Waals surface area contributed by atoms with E-state index >= 15 is 0 Å². The SMILES string of the molecule is O=C(CCc1ccc2c(c1)OCO2)NCCCc1ccc(O)cc1. The van der Waals surface area contributed by atoms with Crippen LogP contribution in [0, 0.1) is 0 Å². The summed E-state index contributed by atoms with van der Waals surface area (Å²) in [5.41, 5.74) is 2.22. The van der Waals surface area contributed by atoms with Crippen LogP contribution < -0.4 is 14.8 Å². The Morgan fingerprint density at radius 1 is 1.00 bits per heavy atom. The van der Waals surface area contributed by atoms with Crippen molar-refractivity contribution in [3.05, 3.63) is 53.6 Å². The average molecular weight is 327 g/mol. The Kier molecular flexibility index (Phi) is 5.21. The average Bonchev–Trinajstić information content (AvgIpc) is 3.06. The van der Waals surface area contributed by atoms with Crippen molar-refractivity contribution in [2.45, 2.75) is 25.7 Å². The summed E-state index contributed by atoms with van der Waals surface area (Å²) in [7, 11) is 0. The van der Waals surface area contributed by atoms with Gasteiger partial charge in [0.15, 0.2) is 11.5 Å². The summed E-state index contributed by atoms with van der Waals surface area (Å²) in [5, 5.41) is 12.2. The lowest BCUT2D eigenvalue weighted by Crippen LogP contribution is -2.24. The molecule has 1 heterocycles.